The Morgan fingerprint density at radius 3 is 2.83 bits per heavy atom. The first-order valence-electron chi connectivity index (χ1n) is 6.66. The van der Waals surface area contributed by atoms with Crippen LogP contribution in [-0.2, 0) is 0 Å². The average molecular weight is 246 g/mol. The standard InChI is InChI=1S/C15H22N2O/c1-11-6-7-13(9-12(11)2)15(18)17-8-4-5-14(17)10-16-3/h6-7,9,14,16H,4-5,8,10H2,1-3H3/t14-/m1/s1. The van der Waals surface area contributed by atoms with Gasteiger partial charge in [-0.05, 0) is 57.0 Å². The predicted molar refractivity (Wildman–Crippen MR) is 73.9 cm³/mol. The van der Waals surface area contributed by atoms with Crippen LogP contribution >= 0.6 is 0 Å². The molecule has 3 nitrogen and oxygen atoms in total. The lowest BCUT2D eigenvalue weighted by atomic mass is 10.1. The number of hydrogen-bond acceptors (Lipinski definition) is 2. The molecule has 0 radical (unpaired) electrons. The molecule has 1 amide bonds. The van der Waals surface area contributed by atoms with Crippen LogP contribution in [-0.4, -0.2) is 37.0 Å². The van der Waals surface area contributed by atoms with Gasteiger partial charge in [-0.2, -0.15) is 0 Å². The Morgan fingerprint density at radius 2 is 2.17 bits per heavy atom. The highest BCUT2D eigenvalue weighted by molar-refractivity contribution is 5.94. The molecule has 1 saturated heterocycles. The van der Waals surface area contributed by atoms with Gasteiger partial charge in [-0.3, -0.25) is 4.79 Å². The third kappa shape index (κ3) is 2.56. The van der Waals surface area contributed by atoms with Crippen LogP contribution in [0.5, 0.6) is 0 Å². The van der Waals surface area contributed by atoms with E-state index in [0.717, 1.165) is 31.5 Å². The maximum absolute atomic E-state index is 12.5. The number of likely N-dealkylation sites (N-methyl/N-ethyl adjacent to an activating group) is 1. The fraction of sp³-hybridized carbons (Fsp3) is 0.533. The van der Waals surface area contributed by atoms with Crippen molar-refractivity contribution >= 4 is 5.91 Å². The topological polar surface area (TPSA) is 32.3 Å². The minimum atomic E-state index is 0.177. The number of carbonyl (C=O) groups excluding carboxylic acids is 1. The molecule has 0 saturated carbocycles. The Balaban J connectivity index is 2.17. The number of nitrogens with one attached hydrogen (secondary N) is 1. The summed E-state index contributed by atoms with van der Waals surface area (Å²) in [6, 6.07) is 6.33. The summed E-state index contributed by atoms with van der Waals surface area (Å²) < 4.78 is 0. The van der Waals surface area contributed by atoms with E-state index in [1.807, 2.05) is 30.1 Å². The average Bonchev–Trinajstić information content (AvgIpc) is 2.80. The van der Waals surface area contributed by atoms with Gasteiger partial charge in [0.1, 0.15) is 0 Å². The molecule has 1 aliphatic heterocycles. The Morgan fingerprint density at radius 1 is 1.39 bits per heavy atom. The molecule has 1 atom stereocenters. The second kappa shape index (κ2) is 5.53. The van der Waals surface area contributed by atoms with Crippen molar-refractivity contribution in [3.8, 4) is 0 Å². The summed E-state index contributed by atoms with van der Waals surface area (Å²) in [6.45, 7) is 5.90. The van der Waals surface area contributed by atoms with Crippen molar-refractivity contribution in [2.24, 2.45) is 0 Å². The van der Waals surface area contributed by atoms with Gasteiger partial charge < -0.3 is 10.2 Å². The molecular formula is C15H22N2O. The van der Waals surface area contributed by atoms with Gasteiger partial charge in [0, 0.05) is 24.7 Å². The first-order chi connectivity index (χ1) is 8.63. The zero-order chi connectivity index (χ0) is 13.1. The minimum Gasteiger partial charge on any atom is -0.334 e. The van der Waals surface area contributed by atoms with E-state index in [1.54, 1.807) is 0 Å². The summed E-state index contributed by atoms with van der Waals surface area (Å²) in [5, 5.41) is 3.17. The second-order valence-corrected chi connectivity index (χ2v) is 5.15. The zero-order valence-corrected chi connectivity index (χ0v) is 11.5. The molecule has 0 bridgehead atoms. The summed E-state index contributed by atoms with van der Waals surface area (Å²) in [4.78, 5) is 14.5. The van der Waals surface area contributed by atoms with Crippen molar-refractivity contribution in [3.63, 3.8) is 0 Å². The molecule has 1 aromatic rings. The Bertz CT molecular complexity index is 442. The number of carbonyl (C=O) groups is 1. The molecule has 0 spiro atoms. The Kier molecular flexibility index (Phi) is 4.02. The largest absolute Gasteiger partial charge is 0.334 e. The quantitative estimate of drug-likeness (QED) is 0.886. The number of amides is 1. The minimum absolute atomic E-state index is 0.177. The smallest absolute Gasteiger partial charge is 0.254 e. The summed E-state index contributed by atoms with van der Waals surface area (Å²) in [6.07, 6.45) is 2.22. The van der Waals surface area contributed by atoms with Crippen LogP contribution in [0.4, 0.5) is 0 Å². The van der Waals surface area contributed by atoms with Crippen molar-refractivity contribution in [3.05, 3.63) is 34.9 Å². The highest BCUT2D eigenvalue weighted by atomic mass is 16.2. The summed E-state index contributed by atoms with van der Waals surface area (Å²) in [5.41, 5.74) is 3.24. The van der Waals surface area contributed by atoms with Crippen molar-refractivity contribution in [2.45, 2.75) is 32.7 Å². The number of likely N-dealkylation sites (tertiary alicyclic amines) is 1. The van der Waals surface area contributed by atoms with E-state index in [0.29, 0.717) is 6.04 Å². The Labute approximate surface area is 109 Å². The molecule has 0 aliphatic carbocycles. The normalized spacial score (nSPS) is 19.3. The van der Waals surface area contributed by atoms with Crippen molar-refractivity contribution in [2.75, 3.05) is 20.1 Å². The van der Waals surface area contributed by atoms with E-state index in [1.165, 1.54) is 11.1 Å². The van der Waals surface area contributed by atoms with Crippen LogP contribution in [0.25, 0.3) is 0 Å². The van der Waals surface area contributed by atoms with E-state index in [9.17, 15) is 4.79 Å². The molecule has 2 rings (SSSR count). The van der Waals surface area contributed by atoms with Crippen LogP contribution in [0.3, 0.4) is 0 Å². The monoisotopic (exact) mass is 246 g/mol. The van der Waals surface area contributed by atoms with Gasteiger partial charge in [0.2, 0.25) is 0 Å². The number of rotatable bonds is 3. The van der Waals surface area contributed by atoms with Crippen molar-refractivity contribution in [1.82, 2.24) is 10.2 Å². The molecule has 1 fully saturated rings. The molecule has 0 unspecified atom stereocenters. The van der Waals surface area contributed by atoms with Crippen LogP contribution in [0, 0.1) is 13.8 Å². The number of nitrogens with zero attached hydrogens (tertiary/aromatic N) is 1. The molecule has 18 heavy (non-hydrogen) atoms. The maximum Gasteiger partial charge on any atom is 0.254 e. The lowest BCUT2D eigenvalue weighted by Gasteiger charge is -2.24. The number of hydrogen-bond donors (Lipinski definition) is 1. The van der Waals surface area contributed by atoms with Gasteiger partial charge in [-0.25, -0.2) is 0 Å². The zero-order valence-electron chi connectivity index (χ0n) is 11.5. The summed E-state index contributed by atoms with van der Waals surface area (Å²) in [5.74, 6) is 0.177. The molecule has 0 aromatic heterocycles. The van der Waals surface area contributed by atoms with E-state index >= 15 is 0 Å². The first kappa shape index (κ1) is 13.1. The van der Waals surface area contributed by atoms with Crippen LogP contribution in [0.1, 0.15) is 34.3 Å². The van der Waals surface area contributed by atoms with Gasteiger partial charge in [0.15, 0.2) is 0 Å². The lowest BCUT2D eigenvalue weighted by Crippen LogP contribution is -2.40. The van der Waals surface area contributed by atoms with Gasteiger partial charge in [0.25, 0.3) is 5.91 Å². The fourth-order valence-electron chi connectivity index (χ4n) is 2.59. The maximum atomic E-state index is 12.5. The van der Waals surface area contributed by atoms with Crippen LogP contribution < -0.4 is 5.32 Å². The van der Waals surface area contributed by atoms with Gasteiger partial charge in [-0.15, -0.1) is 0 Å². The third-order valence-electron chi connectivity index (χ3n) is 3.83. The van der Waals surface area contributed by atoms with Crippen LogP contribution in [0.2, 0.25) is 0 Å². The van der Waals surface area contributed by atoms with Crippen molar-refractivity contribution in [1.29, 1.82) is 0 Å². The second-order valence-electron chi connectivity index (χ2n) is 5.15. The number of benzene rings is 1. The SMILES string of the molecule is CNC[C@H]1CCCN1C(=O)c1ccc(C)c(C)c1. The summed E-state index contributed by atoms with van der Waals surface area (Å²) in [7, 11) is 1.94. The third-order valence-corrected chi connectivity index (χ3v) is 3.83. The Hall–Kier alpha value is -1.35. The first-order valence-corrected chi connectivity index (χ1v) is 6.66. The van der Waals surface area contributed by atoms with Gasteiger partial charge >= 0.3 is 0 Å². The molecule has 3 heteroatoms. The van der Waals surface area contributed by atoms with E-state index < -0.39 is 0 Å². The molecule has 1 aromatic carbocycles. The molecule has 1 heterocycles. The van der Waals surface area contributed by atoms with Gasteiger partial charge in [0.05, 0.1) is 0 Å². The van der Waals surface area contributed by atoms with Gasteiger partial charge in [-0.1, -0.05) is 6.07 Å². The van der Waals surface area contributed by atoms with E-state index in [2.05, 4.69) is 19.2 Å². The molecule has 98 valence electrons. The highest BCUT2D eigenvalue weighted by Gasteiger charge is 2.28. The fourth-order valence-corrected chi connectivity index (χ4v) is 2.59. The van der Waals surface area contributed by atoms with Crippen LogP contribution in [0.15, 0.2) is 18.2 Å². The predicted octanol–water partition coefficient (Wildman–Crippen LogP) is 2.13. The molecule has 1 aliphatic rings. The van der Waals surface area contributed by atoms with E-state index in [4.69, 9.17) is 0 Å². The highest BCUT2D eigenvalue weighted by Crippen LogP contribution is 2.20. The lowest BCUT2D eigenvalue weighted by molar-refractivity contribution is 0.0737. The van der Waals surface area contributed by atoms with Crippen molar-refractivity contribution < 1.29 is 4.79 Å². The molecular weight excluding hydrogens is 224 g/mol. The summed E-state index contributed by atoms with van der Waals surface area (Å²) >= 11 is 0. The van der Waals surface area contributed by atoms with E-state index in [-0.39, 0.29) is 5.91 Å². The molecule has 1 N–H and O–H groups in total. The number of aryl methyl sites for hydroxylation is 2.